The number of quaternary nitrogens is 1. The van der Waals surface area contributed by atoms with Gasteiger partial charge in [-0.25, -0.2) is 0 Å². The maximum Gasteiger partial charge on any atom is 0.0822 e. The van der Waals surface area contributed by atoms with E-state index in [0.717, 1.165) is 17.4 Å². The molecule has 0 unspecified atom stereocenters. The molecule has 0 aliphatic rings. The molecule has 2 nitrogen and oxygen atoms in total. The van der Waals surface area contributed by atoms with E-state index >= 15 is 0 Å². The zero-order valence-corrected chi connectivity index (χ0v) is 8.12. The molecular weight excluding hydrogens is 148 g/mol. The van der Waals surface area contributed by atoms with Crippen molar-refractivity contribution in [2.45, 2.75) is 6.42 Å². The number of rotatable bonds is 3. The Hall–Kier alpha value is -0.890. The van der Waals surface area contributed by atoms with Crippen molar-refractivity contribution in [3.63, 3.8) is 0 Å². The van der Waals surface area contributed by atoms with Crippen molar-refractivity contribution < 1.29 is 4.48 Å². The lowest BCUT2D eigenvalue weighted by Gasteiger charge is -2.23. The lowest BCUT2D eigenvalue weighted by molar-refractivity contribution is -0.870. The van der Waals surface area contributed by atoms with E-state index in [-0.39, 0.29) is 0 Å². The summed E-state index contributed by atoms with van der Waals surface area (Å²) in [5, 5.41) is 0. The average molecular weight is 165 g/mol. The lowest BCUT2D eigenvalue weighted by Crippen LogP contribution is -2.36. The van der Waals surface area contributed by atoms with Crippen LogP contribution < -0.4 is 0 Å². The predicted octanol–water partition coefficient (Wildman–Crippen LogP) is 1.33. The molecule has 0 radical (unpaired) electrons. The normalized spacial score (nSPS) is 11.6. The highest BCUT2D eigenvalue weighted by Crippen LogP contribution is 2.00. The molecule has 66 valence electrons. The topological polar surface area (TPSA) is 12.9 Å². The van der Waals surface area contributed by atoms with Gasteiger partial charge in [-0.3, -0.25) is 4.98 Å². The highest BCUT2D eigenvalue weighted by molar-refractivity contribution is 5.08. The second-order valence-electron chi connectivity index (χ2n) is 4.13. The van der Waals surface area contributed by atoms with Crippen molar-refractivity contribution in [1.29, 1.82) is 0 Å². The standard InChI is InChI=1S/C10H17N2/c1-12(2,3)8-6-10-5-4-7-11-9-10/h4-5,7,9H,6,8H2,1-3H3/q+1. The van der Waals surface area contributed by atoms with Crippen LogP contribution >= 0.6 is 0 Å². The summed E-state index contributed by atoms with van der Waals surface area (Å²) in [6, 6.07) is 4.12. The molecule has 0 aliphatic heterocycles. The van der Waals surface area contributed by atoms with Gasteiger partial charge in [-0.15, -0.1) is 0 Å². The molecule has 0 saturated carbocycles. The third-order valence-electron chi connectivity index (χ3n) is 1.79. The van der Waals surface area contributed by atoms with Crippen LogP contribution in [0, 0.1) is 0 Å². The fourth-order valence-electron chi connectivity index (χ4n) is 1.01. The van der Waals surface area contributed by atoms with Gasteiger partial charge in [-0.2, -0.15) is 0 Å². The van der Waals surface area contributed by atoms with Crippen LogP contribution in [-0.2, 0) is 6.42 Å². The van der Waals surface area contributed by atoms with Crippen LogP contribution in [0.3, 0.4) is 0 Å². The summed E-state index contributed by atoms with van der Waals surface area (Å²) in [7, 11) is 6.61. The average Bonchev–Trinajstić information content (AvgIpc) is 2.02. The zero-order valence-electron chi connectivity index (χ0n) is 8.12. The highest BCUT2D eigenvalue weighted by atomic mass is 15.3. The molecule has 0 aliphatic carbocycles. The van der Waals surface area contributed by atoms with E-state index in [0.29, 0.717) is 0 Å². The molecule has 0 bridgehead atoms. The first kappa shape index (κ1) is 9.20. The van der Waals surface area contributed by atoms with E-state index in [4.69, 9.17) is 0 Å². The SMILES string of the molecule is C[N+](C)(C)CCc1cccnc1. The summed E-state index contributed by atoms with van der Waals surface area (Å²) in [5.74, 6) is 0. The van der Waals surface area contributed by atoms with E-state index in [9.17, 15) is 0 Å². The van der Waals surface area contributed by atoms with Gasteiger partial charge >= 0.3 is 0 Å². The molecule has 0 saturated heterocycles. The van der Waals surface area contributed by atoms with Crippen LogP contribution in [-0.4, -0.2) is 37.2 Å². The number of aromatic nitrogens is 1. The van der Waals surface area contributed by atoms with E-state index < -0.39 is 0 Å². The first-order chi connectivity index (χ1) is 5.58. The lowest BCUT2D eigenvalue weighted by atomic mass is 10.2. The van der Waals surface area contributed by atoms with Crippen LogP contribution in [0.4, 0.5) is 0 Å². The first-order valence-corrected chi connectivity index (χ1v) is 4.27. The van der Waals surface area contributed by atoms with E-state index in [1.165, 1.54) is 5.56 Å². The van der Waals surface area contributed by atoms with Crippen LogP contribution in [0.2, 0.25) is 0 Å². The fraction of sp³-hybridized carbons (Fsp3) is 0.500. The van der Waals surface area contributed by atoms with Gasteiger partial charge in [0, 0.05) is 18.8 Å². The van der Waals surface area contributed by atoms with Gasteiger partial charge in [0.2, 0.25) is 0 Å². The molecule has 0 aromatic carbocycles. The third kappa shape index (κ3) is 3.49. The molecular formula is C10H17N2+. The van der Waals surface area contributed by atoms with Crippen molar-refractivity contribution >= 4 is 0 Å². The van der Waals surface area contributed by atoms with Crippen molar-refractivity contribution in [2.75, 3.05) is 27.7 Å². The summed E-state index contributed by atoms with van der Waals surface area (Å²) in [6.45, 7) is 1.16. The van der Waals surface area contributed by atoms with E-state index in [1.54, 1.807) is 0 Å². The molecule has 1 heterocycles. The molecule has 1 rings (SSSR count). The van der Waals surface area contributed by atoms with Gasteiger partial charge in [-0.1, -0.05) is 6.07 Å². The van der Waals surface area contributed by atoms with Gasteiger partial charge in [0.15, 0.2) is 0 Å². The van der Waals surface area contributed by atoms with Gasteiger partial charge in [0.1, 0.15) is 0 Å². The predicted molar refractivity (Wildman–Crippen MR) is 50.8 cm³/mol. The summed E-state index contributed by atoms with van der Waals surface area (Å²) < 4.78 is 1.01. The van der Waals surface area contributed by atoms with Gasteiger partial charge in [0.25, 0.3) is 0 Å². The molecule has 0 N–H and O–H groups in total. The minimum absolute atomic E-state index is 1.01. The van der Waals surface area contributed by atoms with E-state index in [2.05, 4.69) is 32.2 Å². The number of hydrogen-bond acceptors (Lipinski definition) is 1. The Labute approximate surface area is 74.4 Å². The van der Waals surface area contributed by atoms with E-state index in [1.807, 2.05) is 18.5 Å². The molecule has 0 amide bonds. The van der Waals surface area contributed by atoms with Gasteiger partial charge in [0.05, 0.1) is 27.7 Å². The zero-order chi connectivity index (χ0) is 9.03. The summed E-state index contributed by atoms with van der Waals surface area (Å²) in [5.41, 5.74) is 1.32. The number of hydrogen-bond donors (Lipinski definition) is 0. The smallest absolute Gasteiger partial charge is 0.0822 e. The minimum Gasteiger partial charge on any atom is -0.331 e. The maximum atomic E-state index is 4.08. The number of pyridine rings is 1. The number of likely N-dealkylation sites (N-methyl/N-ethyl adjacent to an activating group) is 1. The Kier molecular flexibility index (Phi) is 2.82. The van der Waals surface area contributed by atoms with Crippen molar-refractivity contribution in [2.24, 2.45) is 0 Å². The van der Waals surface area contributed by atoms with Crippen LogP contribution in [0.15, 0.2) is 24.5 Å². The Bertz CT molecular complexity index is 223. The third-order valence-corrected chi connectivity index (χ3v) is 1.79. The van der Waals surface area contributed by atoms with Crippen molar-refractivity contribution in [1.82, 2.24) is 4.98 Å². The molecule has 0 atom stereocenters. The fourth-order valence-corrected chi connectivity index (χ4v) is 1.01. The second kappa shape index (κ2) is 3.68. The Morgan fingerprint density at radius 3 is 2.58 bits per heavy atom. The molecule has 0 spiro atoms. The summed E-state index contributed by atoms with van der Waals surface area (Å²) >= 11 is 0. The quantitative estimate of drug-likeness (QED) is 0.616. The monoisotopic (exact) mass is 165 g/mol. The maximum absolute atomic E-state index is 4.08. The Balaban J connectivity index is 2.44. The number of nitrogens with zero attached hydrogens (tertiary/aromatic N) is 2. The highest BCUT2D eigenvalue weighted by Gasteiger charge is 2.06. The van der Waals surface area contributed by atoms with Crippen LogP contribution in [0.1, 0.15) is 5.56 Å². The molecule has 12 heavy (non-hydrogen) atoms. The largest absolute Gasteiger partial charge is 0.331 e. The van der Waals surface area contributed by atoms with Crippen LogP contribution in [0.25, 0.3) is 0 Å². The summed E-state index contributed by atoms with van der Waals surface area (Å²) in [4.78, 5) is 4.08. The molecule has 1 aromatic rings. The summed E-state index contributed by atoms with van der Waals surface area (Å²) in [6.07, 6.45) is 4.86. The molecule has 0 fully saturated rings. The van der Waals surface area contributed by atoms with Crippen molar-refractivity contribution in [3.8, 4) is 0 Å². The second-order valence-corrected chi connectivity index (χ2v) is 4.13. The Morgan fingerprint density at radius 2 is 2.08 bits per heavy atom. The first-order valence-electron chi connectivity index (χ1n) is 4.27. The minimum atomic E-state index is 1.01. The molecule has 2 heteroatoms. The van der Waals surface area contributed by atoms with Gasteiger partial charge in [-0.05, 0) is 11.6 Å². The Morgan fingerprint density at radius 1 is 1.33 bits per heavy atom. The van der Waals surface area contributed by atoms with Crippen LogP contribution in [0.5, 0.6) is 0 Å². The van der Waals surface area contributed by atoms with Crippen molar-refractivity contribution in [3.05, 3.63) is 30.1 Å². The molecule has 1 aromatic heterocycles. The van der Waals surface area contributed by atoms with Gasteiger partial charge < -0.3 is 4.48 Å².